The van der Waals surface area contributed by atoms with Crippen molar-refractivity contribution >= 4 is 64.0 Å². The zero-order chi connectivity index (χ0) is 28.1. The molecule has 2 aliphatic rings. The number of fused-ring (bicyclic) bond motifs is 1. The average Bonchev–Trinajstić information content (AvgIpc) is 3.25. The first-order valence-corrected chi connectivity index (χ1v) is 12.8. The zero-order valence-corrected chi connectivity index (χ0v) is 21.9. The summed E-state index contributed by atoms with van der Waals surface area (Å²) < 4.78 is 19.7. The van der Waals surface area contributed by atoms with Crippen LogP contribution in [0.25, 0.3) is 0 Å². The molecule has 0 radical (unpaired) electrons. The number of nitrogen functional groups attached to an aromatic ring is 1. The van der Waals surface area contributed by atoms with E-state index in [1.165, 1.54) is 12.3 Å². The van der Waals surface area contributed by atoms with Gasteiger partial charge in [-0.2, -0.15) is 0 Å². The summed E-state index contributed by atoms with van der Waals surface area (Å²) in [5, 5.41) is 15.5. The molecule has 38 heavy (non-hydrogen) atoms. The van der Waals surface area contributed by atoms with Crippen molar-refractivity contribution in [2.75, 3.05) is 18.1 Å². The topological polar surface area (TPSA) is 235 Å². The van der Waals surface area contributed by atoms with E-state index in [0.717, 1.165) is 28.0 Å². The van der Waals surface area contributed by atoms with Gasteiger partial charge in [-0.25, -0.2) is 19.4 Å². The van der Waals surface area contributed by atoms with Gasteiger partial charge in [-0.15, -0.1) is 23.1 Å². The molecule has 3 rings (SSSR count). The van der Waals surface area contributed by atoms with Crippen LogP contribution in [-0.2, 0) is 33.3 Å². The van der Waals surface area contributed by atoms with E-state index in [2.05, 4.69) is 15.5 Å². The van der Waals surface area contributed by atoms with Gasteiger partial charge in [0.1, 0.15) is 29.4 Å². The summed E-state index contributed by atoms with van der Waals surface area (Å²) in [4.78, 5) is 66.5. The number of amides is 3. The number of aromatic nitrogens is 1. The summed E-state index contributed by atoms with van der Waals surface area (Å²) in [6.45, 7) is 4.04. The second-order valence-corrected chi connectivity index (χ2v) is 9.94. The van der Waals surface area contributed by atoms with Crippen molar-refractivity contribution in [3.05, 3.63) is 22.3 Å². The Hall–Kier alpha value is -4.06. The molecule has 3 amide bonds. The molecule has 2 unspecified atom stereocenters. The lowest BCUT2D eigenvalue weighted by atomic mass is 10.0. The minimum atomic E-state index is -1.40. The van der Waals surface area contributed by atoms with E-state index in [4.69, 9.17) is 30.4 Å². The molecule has 1 aromatic rings. The number of thioether (sulfide) groups is 1. The van der Waals surface area contributed by atoms with Crippen LogP contribution in [-0.4, -0.2) is 87.0 Å². The smallest absolute Gasteiger partial charge is 0.445 e. The molecule has 1 fully saturated rings. The maximum absolute atomic E-state index is 13.0. The molecule has 18 heteroatoms. The number of hydrogen-bond acceptors (Lipinski definition) is 15. The third-order valence-corrected chi connectivity index (χ3v) is 6.88. The number of carbonyl (C=O) groups excluding carboxylic acids is 5. The summed E-state index contributed by atoms with van der Waals surface area (Å²) in [5.41, 5.74) is 10.1. The maximum Gasteiger partial charge on any atom is 0.511 e. The van der Waals surface area contributed by atoms with Crippen molar-refractivity contribution in [2.24, 2.45) is 10.9 Å². The monoisotopic (exact) mass is 572 g/mol. The van der Waals surface area contributed by atoms with Crippen LogP contribution < -0.4 is 16.8 Å². The molecule has 2 aliphatic heterocycles. The number of oxime groups is 1. The number of nitrogens with zero attached hydrogens (tertiary/aromatic N) is 3. The Morgan fingerprint density at radius 3 is 2.55 bits per heavy atom. The van der Waals surface area contributed by atoms with Crippen LogP contribution in [0.15, 0.2) is 21.8 Å². The quantitative estimate of drug-likeness (QED) is 0.0585. The van der Waals surface area contributed by atoms with Crippen molar-refractivity contribution in [1.29, 1.82) is 0 Å². The lowest BCUT2D eigenvalue weighted by molar-refractivity contribution is -0.169. The van der Waals surface area contributed by atoms with Crippen LogP contribution in [0.3, 0.4) is 0 Å². The number of nitrogens with two attached hydrogens (primary N) is 2. The van der Waals surface area contributed by atoms with Crippen LogP contribution in [0.4, 0.5) is 14.7 Å². The van der Waals surface area contributed by atoms with Gasteiger partial charge in [-0.3, -0.25) is 14.5 Å². The standard InChI is InChI=1S/C20H24N6O10S2/c1-7(2)34-20(31)36-8(3)35-17(29)13-9(4-33-19(22)30)5-37-16-12(15(28)26(13)16)24-14(27)11(25-32)10-6-38-18(21)23-10/h6-8,12,16,32H,4-5H2,1-3H3,(H2,21,23)(H2,22,30)(H,24,27)/b25-11-/t8?,12?,16-/m1/s1. The van der Waals surface area contributed by atoms with E-state index >= 15 is 0 Å². The maximum atomic E-state index is 13.0. The number of rotatable bonds is 9. The van der Waals surface area contributed by atoms with Crippen molar-refractivity contribution in [3.63, 3.8) is 0 Å². The molecule has 0 spiro atoms. The number of esters is 1. The number of hydrogen-bond donors (Lipinski definition) is 4. The first-order valence-electron chi connectivity index (χ1n) is 10.8. The summed E-state index contributed by atoms with van der Waals surface area (Å²) in [7, 11) is 0. The third kappa shape index (κ3) is 6.43. The Balaban J connectivity index is 1.76. The minimum absolute atomic E-state index is 0.00690. The molecule has 0 aromatic carbocycles. The molecule has 0 saturated carbocycles. The Kier molecular flexibility index (Phi) is 9.00. The van der Waals surface area contributed by atoms with E-state index in [0.29, 0.717) is 0 Å². The Labute approximate surface area is 223 Å². The Bertz CT molecular complexity index is 1200. The summed E-state index contributed by atoms with van der Waals surface area (Å²) >= 11 is 2.17. The van der Waals surface area contributed by atoms with Gasteiger partial charge in [0, 0.05) is 23.6 Å². The summed E-state index contributed by atoms with van der Waals surface area (Å²) in [5.74, 6) is -2.58. The molecule has 0 bridgehead atoms. The molecule has 0 aliphatic carbocycles. The first-order chi connectivity index (χ1) is 17.9. The highest BCUT2D eigenvalue weighted by Gasteiger charge is 2.55. The molecule has 6 N–H and O–H groups in total. The molecule has 3 heterocycles. The molecule has 16 nitrogen and oxygen atoms in total. The van der Waals surface area contributed by atoms with Gasteiger partial charge in [0.2, 0.25) is 6.29 Å². The minimum Gasteiger partial charge on any atom is -0.445 e. The highest BCUT2D eigenvalue weighted by molar-refractivity contribution is 8.00. The fraction of sp³-hybridized carbons (Fsp3) is 0.450. The second kappa shape index (κ2) is 12.0. The van der Waals surface area contributed by atoms with Gasteiger partial charge in [0.05, 0.1) is 6.10 Å². The van der Waals surface area contributed by atoms with Crippen LogP contribution in [0.1, 0.15) is 26.5 Å². The second-order valence-electron chi connectivity index (χ2n) is 7.95. The predicted molar refractivity (Wildman–Crippen MR) is 131 cm³/mol. The molecule has 1 aromatic heterocycles. The van der Waals surface area contributed by atoms with E-state index in [-0.39, 0.29) is 27.8 Å². The molecular formula is C20H24N6O10S2. The number of β-lactam (4-membered cyclic amide) rings is 1. The fourth-order valence-electron chi connectivity index (χ4n) is 3.35. The molecular weight excluding hydrogens is 548 g/mol. The van der Waals surface area contributed by atoms with E-state index < -0.39 is 66.2 Å². The van der Waals surface area contributed by atoms with E-state index in [1.807, 2.05) is 0 Å². The SMILES string of the molecule is CC(C)OC(=O)OC(C)OC(=O)C1=C(COC(N)=O)CS[C@@H]2C(NC(=O)/C(=N\O)c3csc(N)n3)C(=O)N12. The summed E-state index contributed by atoms with van der Waals surface area (Å²) in [6.07, 6.45) is -4.05. The van der Waals surface area contributed by atoms with E-state index in [1.54, 1.807) is 13.8 Å². The van der Waals surface area contributed by atoms with Crippen molar-refractivity contribution in [2.45, 2.75) is 44.6 Å². The van der Waals surface area contributed by atoms with Crippen LogP contribution >= 0.6 is 23.1 Å². The predicted octanol–water partition coefficient (Wildman–Crippen LogP) is 0.104. The van der Waals surface area contributed by atoms with Crippen molar-refractivity contribution < 1.29 is 48.1 Å². The number of ether oxygens (including phenoxy) is 4. The normalized spacial score (nSPS) is 19.7. The lowest BCUT2D eigenvalue weighted by Crippen LogP contribution is -2.71. The highest BCUT2D eigenvalue weighted by atomic mass is 32.2. The average molecular weight is 573 g/mol. The van der Waals surface area contributed by atoms with Crippen LogP contribution in [0.2, 0.25) is 0 Å². The van der Waals surface area contributed by atoms with Gasteiger partial charge < -0.3 is 40.9 Å². The van der Waals surface area contributed by atoms with Gasteiger partial charge in [-0.05, 0) is 13.8 Å². The number of thiazole rings is 1. The Morgan fingerprint density at radius 1 is 1.26 bits per heavy atom. The molecule has 1 saturated heterocycles. The Morgan fingerprint density at radius 2 is 1.97 bits per heavy atom. The number of primary amides is 1. The highest BCUT2D eigenvalue weighted by Crippen LogP contribution is 2.41. The number of carbonyl (C=O) groups is 5. The zero-order valence-electron chi connectivity index (χ0n) is 20.2. The van der Waals surface area contributed by atoms with Gasteiger partial charge in [0.15, 0.2) is 10.8 Å². The largest absolute Gasteiger partial charge is 0.511 e. The number of nitrogens with one attached hydrogen (secondary N) is 1. The van der Waals surface area contributed by atoms with Crippen molar-refractivity contribution in [3.8, 4) is 0 Å². The lowest BCUT2D eigenvalue weighted by Gasteiger charge is -2.49. The van der Waals surface area contributed by atoms with E-state index in [9.17, 15) is 29.2 Å². The van der Waals surface area contributed by atoms with Gasteiger partial charge >= 0.3 is 18.2 Å². The number of anilines is 1. The molecule has 206 valence electrons. The van der Waals surface area contributed by atoms with Crippen LogP contribution in [0.5, 0.6) is 0 Å². The fourth-order valence-corrected chi connectivity index (χ4v) is 5.22. The van der Waals surface area contributed by atoms with Gasteiger partial charge in [-0.1, -0.05) is 5.16 Å². The van der Waals surface area contributed by atoms with Gasteiger partial charge in [0.25, 0.3) is 11.8 Å². The van der Waals surface area contributed by atoms with Crippen molar-refractivity contribution in [1.82, 2.24) is 15.2 Å². The molecule has 3 atom stereocenters. The van der Waals surface area contributed by atoms with Crippen LogP contribution in [0, 0.1) is 0 Å². The first kappa shape index (κ1) is 28.5. The summed E-state index contributed by atoms with van der Waals surface area (Å²) in [6, 6.07) is -1.11. The third-order valence-electron chi connectivity index (χ3n) is 4.86.